The van der Waals surface area contributed by atoms with Crippen molar-refractivity contribution in [2.75, 3.05) is 7.11 Å². The molecule has 0 unspecified atom stereocenters. The lowest BCUT2D eigenvalue weighted by Gasteiger charge is -2.08. The number of carbonyl (C=O) groups excluding carboxylic acids is 3. The molecule has 2 amide bonds. The van der Waals surface area contributed by atoms with Crippen LogP contribution >= 0.6 is 0 Å². The van der Waals surface area contributed by atoms with Gasteiger partial charge in [0.15, 0.2) is 0 Å². The zero-order valence-electron chi connectivity index (χ0n) is 13.3. The second kappa shape index (κ2) is 7.83. The van der Waals surface area contributed by atoms with Crippen molar-refractivity contribution in [1.29, 1.82) is 0 Å². The summed E-state index contributed by atoms with van der Waals surface area (Å²) in [5.41, 5.74) is 3.29. The van der Waals surface area contributed by atoms with Crippen LogP contribution in [0.5, 0.6) is 0 Å². The average molecular weight is 361 g/mol. The van der Waals surface area contributed by atoms with Gasteiger partial charge in [0.2, 0.25) is 0 Å². The lowest BCUT2D eigenvalue weighted by Crippen LogP contribution is -2.41. The highest BCUT2D eigenvalue weighted by Gasteiger charge is 2.19. The van der Waals surface area contributed by atoms with E-state index < -0.39 is 34.2 Å². The Labute approximate surface area is 145 Å². The smallest absolute Gasteiger partial charge is 0.338 e. The number of amides is 2. The summed E-state index contributed by atoms with van der Waals surface area (Å²) in [4.78, 5) is 45.7. The highest BCUT2D eigenvalue weighted by molar-refractivity contribution is 6.01. The second-order valence-electron chi connectivity index (χ2n) is 4.93. The van der Waals surface area contributed by atoms with Gasteiger partial charge in [0.25, 0.3) is 17.5 Å². The number of non-ortho nitro benzene ring substituents is 1. The Kier molecular flexibility index (Phi) is 5.58. The molecule has 2 rings (SSSR count). The molecule has 26 heavy (non-hydrogen) atoms. The van der Waals surface area contributed by atoms with E-state index in [1.165, 1.54) is 12.1 Å². The van der Waals surface area contributed by atoms with Crippen molar-refractivity contribution >= 4 is 23.5 Å². The van der Waals surface area contributed by atoms with E-state index in [9.17, 15) is 28.9 Å². The van der Waals surface area contributed by atoms with Crippen LogP contribution in [0.1, 0.15) is 31.1 Å². The Hall–Kier alpha value is -3.82. The third-order valence-electron chi connectivity index (χ3n) is 3.21. The molecule has 10 heteroatoms. The van der Waals surface area contributed by atoms with Gasteiger partial charge in [-0.25, -0.2) is 9.18 Å². The fraction of sp³-hybridized carbons (Fsp3) is 0.0625. The SMILES string of the molecule is COC(=O)c1cc(C(=O)NNC(=O)c2ccc(F)cc2)cc([N+](=O)[O-])c1. The van der Waals surface area contributed by atoms with Crippen molar-refractivity contribution in [3.05, 3.63) is 75.1 Å². The van der Waals surface area contributed by atoms with Crippen LogP contribution < -0.4 is 10.9 Å². The minimum atomic E-state index is -0.894. The summed E-state index contributed by atoms with van der Waals surface area (Å²) in [6, 6.07) is 7.53. The monoisotopic (exact) mass is 361 g/mol. The molecule has 0 bridgehead atoms. The molecule has 0 heterocycles. The highest BCUT2D eigenvalue weighted by atomic mass is 19.1. The maximum absolute atomic E-state index is 12.8. The quantitative estimate of drug-likeness (QED) is 0.484. The Morgan fingerprint density at radius 3 is 2.04 bits per heavy atom. The highest BCUT2D eigenvalue weighted by Crippen LogP contribution is 2.18. The van der Waals surface area contributed by atoms with Gasteiger partial charge in [0.1, 0.15) is 5.82 Å². The van der Waals surface area contributed by atoms with Gasteiger partial charge in [0, 0.05) is 23.3 Å². The van der Waals surface area contributed by atoms with E-state index in [0.717, 1.165) is 37.4 Å². The van der Waals surface area contributed by atoms with E-state index in [-0.39, 0.29) is 16.7 Å². The zero-order chi connectivity index (χ0) is 19.3. The summed E-state index contributed by atoms with van der Waals surface area (Å²) in [6.07, 6.45) is 0. The Morgan fingerprint density at radius 1 is 0.962 bits per heavy atom. The first-order valence-corrected chi connectivity index (χ1v) is 7.06. The Bertz CT molecular complexity index is 882. The van der Waals surface area contributed by atoms with Crippen LogP contribution in [-0.2, 0) is 4.74 Å². The van der Waals surface area contributed by atoms with E-state index >= 15 is 0 Å². The maximum Gasteiger partial charge on any atom is 0.338 e. The molecule has 0 aliphatic rings. The first-order valence-electron chi connectivity index (χ1n) is 7.06. The topological polar surface area (TPSA) is 128 Å². The van der Waals surface area contributed by atoms with Gasteiger partial charge in [-0.05, 0) is 30.3 Å². The fourth-order valence-electron chi connectivity index (χ4n) is 1.94. The van der Waals surface area contributed by atoms with Crippen molar-refractivity contribution < 1.29 is 28.4 Å². The number of hydrogen-bond donors (Lipinski definition) is 2. The molecule has 134 valence electrons. The molecule has 0 spiro atoms. The maximum atomic E-state index is 12.8. The van der Waals surface area contributed by atoms with Crippen LogP contribution in [0.25, 0.3) is 0 Å². The number of nitro benzene ring substituents is 1. The first-order chi connectivity index (χ1) is 12.3. The minimum absolute atomic E-state index is 0.0843. The van der Waals surface area contributed by atoms with Gasteiger partial charge < -0.3 is 4.74 Å². The van der Waals surface area contributed by atoms with Crippen molar-refractivity contribution in [3.63, 3.8) is 0 Å². The molecular weight excluding hydrogens is 349 g/mol. The Balaban J connectivity index is 2.16. The normalized spacial score (nSPS) is 9.92. The van der Waals surface area contributed by atoms with E-state index in [4.69, 9.17) is 0 Å². The van der Waals surface area contributed by atoms with E-state index in [2.05, 4.69) is 15.6 Å². The number of nitro groups is 1. The van der Waals surface area contributed by atoms with E-state index in [0.29, 0.717) is 0 Å². The predicted molar refractivity (Wildman–Crippen MR) is 85.8 cm³/mol. The lowest BCUT2D eigenvalue weighted by molar-refractivity contribution is -0.384. The van der Waals surface area contributed by atoms with Crippen LogP contribution in [0.15, 0.2) is 42.5 Å². The number of methoxy groups -OCH3 is 1. The number of benzene rings is 2. The van der Waals surface area contributed by atoms with E-state index in [1.807, 2.05) is 0 Å². The number of nitrogens with zero attached hydrogens (tertiary/aromatic N) is 1. The van der Waals surface area contributed by atoms with Crippen molar-refractivity contribution in [2.24, 2.45) is 0 Å². The molecule has 0 aliphatic carbocycles. The van der Waals surface area contributed by atoms with Crippen LogP contribution in [0.2, 0.25) is 0 Å². The van der Waals surface area contributed by atoms with Crippen LogP contribution in [-0.4, -0.2) is 29.8 Å². The zero-order valence-corrected chi connectivity index (χ0v) is 13.3. The van der Waals surface area contributed by atoms with Gasteiger partial charge in [-0.3, -0.25) is 30.6 Å². The van der Waals surface area contributed by atoms with Gasteiger partial charge in [-0.15, -0.1) is 0 Å². The number of carbonyl (C=O) groups is 3. The minimum Gasteiger partial charge on any atom is -0.465 e. The molecular formula is C16H12FN3O6. The average Bonchev–Trinajstić information content (AvgIpc) is 2.65. The summed E-state index contributed by atoms with van der Waals surface area (Å²) in [5.74, 6) is -3.01. The van der Waals surface area contributed by atoms with Gasteiger partial charge in [-0.2, -0.15) is 0 Å². The molecule has 9 nitrogen and oxygen atoms in total. The van der Waals surface area contributed by atoms with Crippen molar-refractivity contribution in [3.8, 4) is 0 Å². The molecule has 0 saturated heterocycles. The number of nitrogens with one attached hydrogen (secondary N) is 2. The number of hydrazine groups is 1. The van der Waals surface area contributed by atoms with E-state index in [1.54, 1.807) is 0 Å². The summed E-state index contributed by atoms with van der Waals surface area (Å²) in [6.45, 7) is 0. The predicted octanol–water partition coefficient (Wildman–Crippen LogP) is 1.60. The van der Waals surface area contributed by atoms with Crippen LogP contribution in [0, 0.1) is 15.9 Å². The van der Waals surface area contributed by atoms with Crippen LogP contribution in [0.3, 0.4) is 0 Å². The van der Waals surface area contributed by atoms with Crippen molar-refractivity contribution in [2.45, 2.75) is 0 Å². The second-order valence-corrected chi connectivity index (χ2v) is 4.93. The number of hydrogen-bond acceptors (Lipinski definition) is 6. The third-order valence-corrected chi connectivity index (χ3v) is 3.21. The molecule has 0 fully saturated rings. The van der Waals surface area contributed by atoms with Gasteiger partial charge in [-0.1, -0.05) is 0 Å². The summed E-state index contributed by atoms with van der Waals surface area (Å²) >= 11 is 0. The van der Waals surface area contributed by atoms with Crippen molar-refractivity contribution in [1.82, 2.24) is 10.9 Å². The molecule has 0 aliphatic heterocycles. The molecule has 0 radical (unpaired) electrons. The summed E-state index contributed by atoms with van der Waals surface area (Å²) < 4.78 is 17.3. The third kappa shape index (κ3) is 4.38. The fourth-order valence-corrected chi connectivity index (χ4v) is 1.94. The number of halogens is 1. The molecule has 0 saturated carbocycles. The number of rotatable bonds is 4. The van der Waals surface area contributed by atoms with Gasteiger partial charge >= 0.3 is 5.97 Å². The molecule has 0 aromatic heterocycles. The first kappa shape index (κ1) is 18.5. The molecule has 2 aromatic carbocycles. The lowest BCUT2D eigenvalue weighted by atomic mass is 10.1. The number of ether oxygens (including phenoxy) is 1. The molecule has 2 aromatic rings. The standard InChI is InChI=1S/C16H12FN3O6/c1-26-16(23)11-6-10(7-13(8-11)20(24)25)15(22)19-18-14(21)9-2-4-12(17)5-3-9/h2-8H,1H3,(H,18,21)(H,19,22). The van der Waals surface area contributed by atoms with Crippen LogP contribution in [0.4, 0.5) is 10.1 Å². The largest absolute Gasteiger partial charge is 0.465 e. The molecule has 2 N–H and O–H groups in total. The van der Waals surface area contributed by atoms with Gasteiger partial charge in [0.05, 0.1) is 17.6 Å². The Morgan fingerprint density at radius 2 is 1.50 bits per heavy atom. The molecule has 0 atom stereocenters. The number of esters is 1. The summed E-state index contributed by atoms with van der Waals surface area (Å²) in [5, 5.41) is 10.9. The summed E-state index contributed by atoms with van der Waals surface area (Å²) in [7, 11) is 1.09.